The maximum Gasteiger partial charge on any atom is 0.308 e. The highest BCUT2D eigenvalue weighted by atomic mass is 16.5. The van der Waals surface area contributed by atoms with E-state index >= 15 is 0 Å². The second-order valence-corrected chi connectivity index (χ2v) is 1.97. The molecule has 0 aliphatic carbocycles. The van der Waals surface area contributed by atoms with Crippen molar-refractivity contribution in [1.82, 2.24) is 0 Å². The Hall–Kier alpha value is -1.55. The lowest BCUT2D eigenvalue weighted by Gasteiger charge is -2.25. The van der Waals surface area contributed by atoms with Crippen LogP contribution in [0, 0.1) is 5.21 Å². The molecule has 11 heavy (non-hydrogen) atoms. The largest absolute Gasteiger partial charge is 0.750 e. The van der Waals surface area contributed by atoms with E-state index in [0.717, 1.165) is 0 Å². The van der Waals surface area contributed by atoms with E-state index in [9.17, 15) is 10.0 Å². The Morgan fingerprint density at radius 1 is 1.36 bits per heavy atom. The third kappa shape index (κ3) is 1.68. The molecule has 0 bridgehead atoms. The van der Waals surface area contributed by atoms with Crippen molar-refractivity contribution in [3.05, 3.63) is 35.5 Å². The molecule has 58 valence electrons. The average molecular weight is 151 g/mol. The van der Waals surface area contributed by atoms with Crippen molar-refractivity contribution in [2.45, 2.75) is 0 Å². The van der Waals surface area contributed by atoms with Gasteiger partial charge in [0.1, 0.15) is 0 Å². The van der Waals surface area contributed by atoms with E-state index < -0.39 is 6.03 Å². The second kappa shape index (κ2) is 3.03. The molecule has 0 aliphatic heterocycles. The molecular formula is C7H7N2O2-. The van der Waals surface area contributed by atoms with Crippen molar-refractivity contribution in [1.29, 1.82) is 0 Å². The molecule has 0 radical (unpaired) electrons. The third-order valence-electron chi connectivity index (χ3n) is 1.19. The summed E-state index contributed by atoms with van der Waals surface area (Å²) < 4.78 is 0. The smallest absolute Gasteiger partial charge is 0.308 e. The number of hydrogen-bond acceptors (Lipinski definition) is 2. The lowest BCUT2D eigenvalue weighted by atomic mass is 10.3. The number of carbonyl (C=O) groups excluding carboxylic acids is 1. The Bertz CT molecular complexity index is 248. The number of rotatable bonds is 1. The van der Waals surface area contributed by atoms with Crippen molar-refractivity contribution in [3.63, 3.8) is 0 Å². The number of anilines is 1. The Kier molecular flexibility index (Phi) is 2.08. The second-order valence-electron chi connectivity index (χ2n) is 1.97. The summed E-state index contributed by atoms with van der Waals surface area (Å²) in [7, 11) is 0. The number of hydrogen-bond donors (Lipinski definition) is 1. The molecule has 1 aromatic carbocycles. The zero-order chi connectivity index (χ0) is 8.27. The third-order valence-corrected chi connectivity index (χ3v) is 1.19. The van der Waals surface area contributed by atoms with E-state index in [1.165, 1.54) is 12.1 Å². The van der Waals surface area contributed by atoms with Gasteiger partial charge in [0.2, 0.25) is 0 Å². The van der Waals surface area contributed by atoms with Gasteiger partial charge in [0.25, 0.3) is 0 Å². The summed E-state index contributed by atoms with van der Waals surface area (Å²) in [4.78, 5) is 10.3. The first-order chi connectivity index (χ1) is 5.22. The number of benzene rings is 1. The molecule has 4 nitrogen and oxygen atoms in total. The van der Waals surface area contributed by atoms with Gasteiger partial charge in [-0.2, -0.15) is 0 Å². The zero-order valence-electron chi connectivity index (χ0n) is 5.73. The maximum atomic E-state index is 10.8. The van der Waals surface area contributed by atoms with Gasteiger partial charge in [0, 0.05) is 5.69 Å². The normalized spacial score (nSPS) is 9.18. The summed E-state index contributed by atoms with van der Waals surface area (Å²) in [6.07, 6.45) is 0. The van der Waals surface area contributed by atoms with E-state index in [2.05, 4.69) is 0 Å². The summed E-state index contributed by atoms with van der Waals surface area (Å²) in [5, 5.41) is 10.9. The molecule has 1 aromatic rings. The average Bonchev–Trinajstić information content (AvgIpc) is 2.05. The minimum Gasteiger partial charge on any atom is -0.750 e. The summed E-state index contributed by atoms with van der Waals surface area (Å²) in [5.41, 5.74) is 4.99. The van der Waals surface area contributed by atoms with E-state index in [-0.39, 0.29) is 10.8 Å². The summed E-state index contributed by atoms with van der Waals surface area (Å²) in [6.45, 7) is 0. The van der Waals surface area contributed by atoms with Crippen LogP contribution in [0.4, 0.5) is 10.5 Å². The SMILES string of the molecule is NC(=O)N([O-])c1ccccc1. The topological polar surface area (TPSA) is 69.4 Å². The quantitative estimate of drug-likeness (QED) is 0.610. The molecule has 2 N–H and O–H groups in total. The van der Waals surface area contributed by atoms with Crippen LogP contribution in [-0.2, 0) is 0 Å². The molecule has 0 aliphatic rings. The van der Waals surface area contributed by atoms with Crippen molar-refractivity contribution >= 4 is 11.7 Å². The Balaban J connectivity index is 2.85. The summed E-state index contributed by atoms with van der Waals surface area (Å²) in [6, 6.07) is 7.08. The summed E-state index contributed by atoms with van der Waals surface area (Å²) in [5.74, 6) is 0. The maximum absolute atomic E-state index is 10.8. The van der Waals surface area contributed by atoms with Crippen molar-refractivity contribution in [3.8, 4) is 0 Å². The molecule has 0 saturated heterocycles. The highest BCUT2D eigenvalue weighted by Crippen LogP contribution is 2.10. The van der Waals surface area contributed by atoms with Gasteiger partial charge in [-0.05, 0) is 12.1 Å². The number of nitrogens with two attached hydrogens (primary N) is 1. The molecule has 0 heterocycles. The molecule has 0 atom stereocenters. The fraction of sp³-hybridized carbons (Fsp3) is 0. The van der Waals surface area contributed by atoms with E-state index in [0.29, 0.717) is 0 Å². The molecule has 4 heteroatoms. The highest BCUT2D eigenvalue weighted by molar-refractivity contribution is 5.91. The van der Waals surface area contributed by atoms with Gasteiger partial charge in [-0.15, -0.1) is 0 Å². The van der Waals surface area contributed by atoms with Gasteiger partial charge in [0.15, 0.2) is 0 Å². The van der Waals surface area contributed by atoms with Crippen LogP contribution < -0.4 is 10.8 Å². The fourth-order valence-electron chi connectivity index (χ4n) is 0.691. The van der Waals surface area contributed by atoms with E-state index in [4.69, 9.17) is 5.73 Å². The first-order valence-electron chi connectivity index (χ1n) is 3.03. The van der Waals surface area contributed by atoms with Crippen LogP contribution in [0.5, 0.6) is 0 Å². The molecule has 0 saturated carbocycles. The minimum atomic E-state index is -1.00. The van der Waals surface area contributed by atoms with Gasteiger partial charge in [-0.25, -0.2) is 4.79 Å². The first-order valence-corrected chi connectivity index (χ1v) is 3.03. The molecule has 0 spiro atoms. The molecule has 0 fully saturated rings. The predicted octanol–water partition coefficient (Wildman–Crippen LogP) is 1.07. The van der Waals surface area contributed by atoms with Gasteiger partial charge >= 0.3 is 6.03 Å². The Morgan fingerprint density at radius 2 is 1.91 bits per heavy atom. The van der Waals surface area contributed by atoms with Gasteiger partial charge in [-0.1, -0.05) is 18.2 Å². The number of hydroxylamine groups is 1. The predicted molar refractivity (Wildman–Crippen MR) is 41.9 cm³/mol. The molecule has 0 unspecified atom stereocenters. The Labute approximate surface area is 63.8 Å². The number of primary amides is 1. The molecule has 0 aromatic heterocycles. The van der Waals surface area contributed by atoms with Gasteiger partial charge < -0.3 is 16.0 Å². The number of amides is 2. The van der Waals surface area contributed by atoms with Crippen LogP contribution in [-0.4, -0.2) is 6.03 Å². The van der Waals surface area contributed by atoms with Crippen LogP contribution in [0.15, 0.2) is 30.3 Å². The van der Waals surface area contributed by atoms with Gasteiger partial charge in [-0.3, -0.25) is 0 Å². The monoisotopic (exact) mass is 151 g/mol. The number of para-hydroxylation sites is 1. The van der Waals surface area contributed by atoms with Crippen LogP contribution in [0.3, 0.4) is 0 Å². The molecule has 1 rings (SSSR count). The standard InChI is InChI=1S/C7H7N2O2/c8-7(10)9(11)6-4-2-1-3-5-6/h1-5H,(H2,8,10)/q-1. The van der Waals surface area contributed by atoms with Crippen LogP contribution >= 0.6 is 0 Å². The number of nitrogens with zero attached hydrogens (tertiary/aromatic N) is 1. The van der Waals surface area contributed by atoms with Crippen LogP contribution in [0.25, 0.3) is 0 Å². The number of carbonyl (C=O) groups is 1. The lowest BCUT2D eigenvalue weighted by Crippen LogP contribution is -2.29. The van der Waals surface area contributed by atoms with E-state index in [1.54, 1.807) is 18.2 Å². The first kappa shape index (κ1) is 7.56. The van der Waals surface area contributed by atoms with Crippen LogP contribution in [0.2, 0.25) is 0 Å². The molecular weight excluding hydrogens is 144 g/mol. The zero-order valence-corrected chi connectivity index (χ0v) is 5.73. The minimum absolute atomic E-state index is 0.139. The van der Waals surface area contributed by atoms with E-state index in [1.807, 2.05) is 0 Å². The van der Waals surface area contributed by atoms with Crippen molar-refractivity contribution in [2.75, 3.05) is 5.06 Å². The van der Waals surface area contributed by atoms with Crippen molar-refractivity contribution < 1.29 is 4.79 Å². The van der Waals surface area contributed by atoms with Crippen molar-refractivity contribution in [2.24, 2.45) is 5.73 Å². The highest BCUT2D eigenvalue weighted by Gasteiger charge is 1.97. The Morgan fingerprint density at radius 3 is 2.36 bits per heavy atom. The van der Waals surface area contributed by atoms with Gasteiger partial charge in [0.05, 0.1) is 0 Å². The van der Waals surface area contributed by atoms with Crippen LogP contribution in [0.1, 0.15) is 0 Å². The summed E-state index contributed by atoms with van der Waals surface area (Å²) >= 11 is 0. The fourth-order valence-corrected chi connectivity index (χ4v) is 0.691. The lowest BCUT2D eigenvalue weighted by molar-refractivity contribution is 0.256. The number of urea groups is 1. The molecule has 2 amide bonds.